The van der Waals surface area contributed by atoms with Crippen molar-refractivity contribution in [2.75, 3.05) is 7.11 Å². The maximum absolute atomic E-state index is 5.53. The van der Waals surface area contributed by atoms with Crippen LogP contribution >= 0.6 is 23.1 Å². The number of rotatable bonds is 5. The van der Waals surface area contributed by atoms with Crippen molar-refractivity contribution in [1.29, 1.82) is 0 Å². The Hall–Kier alpha value is -2.45. The van der Waals surface area contributed by atoms with Gasteiger partial charge in [0.1, 0.15) is 21.9 Å². The van der Waals surface area contributed by atoms with Gasteiger partial charge in [-0.05, 0) is 62.1 Å². The molecule has 0 saturated heterocycles. The highest BCUT2D eigenvalue weighted by atomic mass is 32.2. The minimum Gasteiger partial charge on any atom is -0.496 e. The molecule has 0 amide bonds. The van der Waals surface area contributed by atoms with Gasteiger partial charge in [0, 0.05) is 16.8 Å². The number of benzene rings is 1. The Morgan fingerprint density at radius 1 is 1.14 bits per heavy atom. The molecular weight excluding hydrogens is 402 g/mol. The average molecular weight is 424 g/mol. The number of thiophene rings is 1. The molecule has 4 aromatic rings. The van der Waals surface area contributed by atoms with Crippen molar-refractivity contribution in [3.63, 3.8) is 0 Å². The molecule has 0 saturated carbocycles. The number of aryl methyl sites for hydroxylation is 2. The fourth-order valence-corrected chi connectivity index (χ4v) is 6.20. The summed E-state index contributed by atoms with van der Waals surface area (Å²) in [6, 6.07) is 7.91. The molecule has 3 heterocycles. The number of ether oxygens (including phenoxy) is 1. The standard InChI is InChI=1S/C21H21N5OS2/c1-3-26-18(13-8-4-6-10-15(13)27-2)24-25-21(26)29-20-17-14-9-5-7-11-16(14)28-19(17)22-12-23-20/h4,6,8,10,12H,3,5,7,9,11H2,1-2H3. The summed E-state index contributed by atoms with van der Waals surface area (Å²) < 4.78 is 7.65. The van der Waals surface area contributed by atoms with E-state index >= 15 is 0 Å². The van der Waals surface area contributed by atoms with Gasteiger partial charge in [0.25, 0.3) is 0 Å². The third kappa shape index (κ3) is 3.20. The van der Waals surface area contributed by atoms with Crippen molar-refractivity contribution in [2.24, 2.45) is 0 Å². The fraction of sp³-hybridized carbons (Fsp3) is 0.333. The lowest BCUT2D eigenvalue weighted by molar-refractivity contribution is 0.416. The largest absolute Gasteiger partial charge is 0.496 e. The van der Waals surface area contributed by atoms with E-state index in [1.54, 1.807) is 25.2 Å². The van der Waals surface area contributed by atoms with Crippen LogP contribution in [0.15, 0.2) is 40.8 Å². The van der Waals surface area contributed by atoms with Crippen LogP contribution in [0.4, 0.5) is 0 Å². The van der Waals surface area contributed by atoms with Gasteiger partial charge >= 0.3 is 0 Å². The van der Waals surface area contributed by atoms with Crippen LogP contribution in [0.5, 0.6) is 5.75 Å². The topological polar surface area (TPSA) is 65.7 Å². The number of methoxy groups -OCH3 is 1. The second-order valence-electron chi connectivity index (χ2n) is 6.92. The molecule has 0 aliphatic heterocycles. The SMILES string of the molecule is CCn1c(Sc2ncnc3sc4c(c23)CCCC4)nnc1-c1ccccc1OC. The normalized spacial score (nSPS) is 13.6. The van der Waals surface area contributed by atoms with Gasteiger partial charge in [-0.3, -0.25) is 0 Å². The highest BCUT2D eigenvalue weighted by molar-refractivity contribution is 7.99. The lowest BCUT2D eigenvalue weighted by Crippen LogP contribution is -2.02. The summed E-state index contributed by atoms with van der Waals surface area (Å²) in [7, 11) is 1.68. The zero-order valence-corrected chi connectivity index (χ0v) is 18.0. The highest BCUT2D eigenvalue weighted by Crippen LogP contribution is 2.41. The number of para-hydroxylation sites is 1. The summed E-state index contributed by atoms with van der Waals surface area (Å²) >= 11 is 3.40. The molecule has 6 nitrogen and oxygen atoms in total. The molecule has 1 aromatic carbocycles. The molecule has 5 rings (SSSR count). The van der Waals surface area contributed by atoms with Crippen molar-refractivity contribution in [2.45, 2.75) is 49.3 Å². The summed E-state index contributed by atoms with van der Waals surface area (Å²) in [6.45, 7) is 2.87. The molecule has 3 aromatic heterocycles. The van der Waals surface area contributed by atoms with Crippen LogP contribution in [0.1, 0.15) is 30.2 Å². The number of fused-ring (bicyclic) bond motifs is 3. The molecule has 0 fully saturated rings. The number of aromatic nitrogens is 5. The summed E-state index contributed by atoms with van der Waals surface area (Å²) in [5, 5.41) is 12.0. The summed E-state index contributed by atoms with van der Waals surface area (Å²) in [5.74, 6) is 1.60. The zero-order valence-electron chi connectivity index (χ0n) is 16.4. The molecule has 0 N–H and O–H groups in total. The van der Waals surface area contributed by atoms with E-state index in [4.69, 9.17) is 4.74 Å². The smallest absolute Gasteiger partial charge is 0.197 e. The van der Waals surface area contributed by atoms with E-state index in [0.717, 1.165) is 51.5 Å². The molecule has 0 atom stereocenters. The van der Waals surface area contributed by atoms with Gasteiger partial charge in [-0.2, -0.15) is 0 Å². The first kappa shape index (κ1) is 18.6. The van der Waals surface area contributed by atoms with Crippen LogP contribution in [-0.4, -0.2) is 31.8 Å². The number of nitrogens with zero attached hydrogens (tertiary/aromatic N) is 5. The predicted octanol–water partition coefficient (Wildman–Crippen LogP) is 5.01. The number of hydrogen-bond donors (Lipinski definition) is 0. The molecule has 0 spiro atoms. The van der Waals surface area contributed by atoms with Crippen LogP contribution in [0.25, 0.3) is 21.6 Å². The molecule has 1 aliphatic carbocycles. The average Bonchev–Trinajstić information content (AvgIpc) is 3.35. The lowest BCUT2D eigenvalue weighted by Gasteiger charge is -2.12. The molecule has 1 aliphatic rings. The molecule has 0 unspecified atom stereocenters. The van der Waals surface area contributed by atoms with Crippen LogP contribution in [0, 0.1) is 0 Å². The van der Waals surface area contributed by atoms with Gasteiger partial charge in [0.15, 0.2) is 11.0 Å². The second-order valence-corrected chi connectivity index (χ2v) is 8.96. The third-order valence-corrected chi connectivity index (χ3v) is 7.47. The minimum absolute atomic E-state index is 0.763. The van der Waals surface area contributed by atoms with Gasteiger partial charge < -0.3 is 9.30 Å². The van der Waals surface area contributed by atoms with E-state index in [2.05, 4.69) is 31.7 Å². The fourth-order valence-electron chi connectivity index (χ4n) is 3.90. The molecule has 0 bridgehead atoms. The number of hydrogen-bond acceptors (Lipinski definition) is 7. The van der Waals surface area contributed by atoms with E-state index in [9.17, 15) is 0 Å². The zero-order chi connectivity index (χ0) is 19.8. The molecule has 8 heteroatoms. The van der Waals surface area contributed by atoms with E-state index < -0.39 is 0 Å². The van der Waals surface area contributed by atoms with Gasteiger partial charge in [0.2, 0.25) is 0 Å². The first-order chi connectivity index (χ1) is 14.3. The first-order valence-electron chi connectivity index (χ1n) is 9.79. The predicted molar refractivity (Wildman–Crippen MR) is 116 cm³/mol. The van der Waals surface area contributed by atoms with Crippen LogP contribution < -0.4 is 4.74 Å². The van der Waals surface area contributed by atoms with E-state index in [1.807, 2.05) is 35.6 Å². The molecule has 148 valence electrons. The first-order valence-corrected chi connectivity index (χ1v) is 11.4. The molecular formula is C21H21N5OS2. The van der Waals surface area contributed by atoms with E-state index in [1.165, 1.54) is 28.7 Å². The van der Waals surface area contributed by atoms with Gasteiger partial charge in [-0.25, -0.2) is 9.97 Å². The van der Waals surface area contributed by atoms with Crippen molar-refractivity contribution in [1.82, 2.24) is 24.7 Å². The quantitative estimate of drug-likeness (QED) is 0.421. The maximum atomic E-state index is 5.53. The van der Waals surface area contributed by atoms with Crippen LogP contribution in [0.2, 0.25) is 0 Å². The summed E-state index contributed by atoms with van der Waals surface area (Å²) in [6.07, 6.45) is 6.44. The maximum Gasteiger partial charge on any atom is 0.197 e. The van der Waals surface area contributed by atoms with Crippen molar-refractivity contribution in [3.05, 3.63) is 41.0 Å². The summed E-state index contributed by atoms with van der Waals surface area (Å²) in [4.78, 5) is 11.7. The molecule has 0 radical (unpaired) electrons. The minimum atomic E-state index is 0.763. The Labute approximate surface area is 177 Å². The van der Waals surface area contributed by atoms with Gasteiger partial charge in [0.05, 0.1) is 12.7 Å². The summed E-state index contributed by atoms with van der Waals surface area (Å²) in [5.41, 5.74) is 2.38. The van der Waals surface area contributed by atoms with Crippen LogP contribution in [-0.2, 0) is 19.4 Å². The highest BCUT2D eigenvalue weighted by Gasteiger charge is 2.23. The lowest BCUT2D eigenvalue weighted by atomic mass is 9.97. The third-order valence-electron chi connectivity index (χ3n) is 5.29. The van der Waals surface area contributed by atoms with E-state index in [0.29, 0.717) is 0 Å². The monoisotopic (exact) mass is 423 g/mol. The Kier molecular flexibility index (Phi) is 4.97. The van der Waals surface area contributed by atoms with Crippen molar-refractivity contribution < 1.29 is 4.74 Å². The van der Waals surface area contributed by atoms with E-state index in [-0.39, 0.29) is 0 Å². The van der Waals surface area contributed by atoms with Crippen molar-refractivity contribution >= 4 is 33.3 Å². The Morgan fingerprint density at radius 3 is 2.86 bits per heavy atom. The second kappa shape index (κ2) is 7.76. The Bertz CT molecular complexity index is 1180. The van der Waals surface area contributed by atoms with Gasteiger partial charge in [-0.15, -0.1) is 21.5 Å². The van der Waals surface area contributed by atoms with Crippen LogP contribution in [0.3, 0.4) is 0 Å². The Balaban J connectivity index is 1.59. The van der Waals surface area contributed by atoms with Crippen molar-refractivity contribution in [3.8, 4) is 17.1 Å². The molecule has 29 heavy (non-hydrogen) atoms. The van der Waals surface area contributed by atoms with Gasteiger partial charge in [-0.1, -0.05) is 12.1 Å². The Morgan fingerprint density at radius 2 is 2.00 bits per heavy atom.